The number of methoxy groups -OCH3 is 1. The number of hydrogen-bond acceptors (Lipinski definition) is 4. The van der Waals surface area contributed by atoms with Gasteiger partial charge in [-0.15, -0.1) is 0 Å². The molecule has 1 atom stereocenters. The van der Waals surface area contributed by atoms with Crippen LogP contribution >= 0.6 is 0 Å². The van der Waals surface area contributed by atoms with E-state index in [0.29, 0.717) is 38.4 Å². The largest absolute Gasteiger partial charge is 0.497 e. The zero-order valence-corrected chi connectivity index (χ0v) is 20.9. The maximum absolute atomic E-state index is 13.8. The molecule has 1 aliphatic heterocycles. The topological polar surface area (TPSA) is 72.8 Å². The third-order valence-corrected chi connectivity index (χ3v) is 7.44. The summed E-state index contributed by atoms with van der Waals surface area (Å²) in [6.07, 6.45) is 8.74. The number of rotatable bonds is 8. The van der Waals surface area contributed by atoms with Crippen LogP contribution in [-0.4, -0.2) is 59.7 Å². The molecule has 0 bridgehead atoms. The summed E-state index contributed by atoms with van der Waals surface area (Å²) in [7, 11) is 1.64. The summed E-state index contributed by atoms with van der Waals surface area (Å²) in [5, 5.41) is 4.32. The summed E-state index contributed by atoms with van der Waals surface area (Å²) in [6, 6.07) is 7.92. The Hall–Kier alpha value is -2.54. The normalized spacial score (nSPS) is 21.7. The van der Waals surface area contributed by atoms with Crippen LogP contribution < -0.4 is 10.1 Å². The fraction of sp³-hybridized carbons (Fsp3) is 0.630. The van der Waals surface area contributed by atoms with Gasteiger partial charge in [-0.3, -0.25) is 9.59 Å². The minimum absolute atomic E-state index is 0.0572. The third-order valence-electron chi connectivity index (χ3n) is 7.44. The highest BCUT2D eigenvalue weighted by atomic mass is 16.5. The number of hydrogen-bond donors (Lipinski definition) is 1. The van der Waals surface area contributed by atoms with Crippen molar-refractivity contribution in [2.75, 3.05) is 26.9 Å². The molecule has 2 aliphatic rings. The Balaban J connectivity index is 1.65. The molecule has 2 aromatic rings. The fourth-order valence-corrected chi connectivity index (χ4v) is 5.42. The molecule has 1 saturated carbocycles. The van der Waals surface area contributed by atoms with Gasteiger partial charge in [-0.05, 0) is 51.3 Å². The van der Waals surface area contributed by atoms with Gasteiger partial charge in [0, 0.05) is 37.3 Å². The summed E-state index contributed by atoms with van der Waals surface area (Å²) < 4.78 is 12.9. The van der Waals surface area contributed by atoms with Crippen LogP contribution in [0.15, 0.2) is 24.3 Å². The van der Waals surface area contributed by atoms with Gasteiger partial charge in [0.15, 0.2) is 0 Å². The van der Waals surface area contributed by atoms with Crippen LogP contribution in [0.4, 0.5) is 0 Å². The number of nitrogens with zero attached hydrogens (tertiary/aromatic N) is 2. The van der Waals surface area contributed by atoms with E-state index in [1.54, 1.807) is 12.0 Å². The second kappa shape index (κ2) is 10.8. The van der Waals surface area contributed by atoms with E-state index >= 15 is 0 Å². The molecule has 1 fully saturated rings. The molecule has 1 aromatic heterocycles. The molecule has 34 heavy (non-hydrogen) atoms. The lowest BCUT2D eigenvalue weighted by atomic mass is 9.92. The van der Waals surface area contributed by atoms with Crippen molar-refractivity contribution in [3.05, 3.63) is 30.0 Å². The SMILES string of the molecule is CCOCCCN1C(=O)c2cc3ccc(OC)cc3n2CC1(C)C(=O)NC1CCCCCCC1. The molecular formula is C27H39N3O4. The van der Waals surface area contributed by atoms with Gasteiger partial charge in [0.25, 0.3) is 5.91 Å². The Morgan fingerprint density at radius 1 is 1.15 bits per heavy atom. The molecule has 4 rings (SSSR count). The van der Waals surface area contributed by atoms with Gasteiger partial charge in [0.1, 0.15) is 17.0 Å². The van der Waals surface area contributed by atoms with Gasteiger partial charge in [0.2, 0.25) is 5.91 Å². The minimum Gasteiger partial charge on any atom is -0.497 e. The van der Waals surface area contributed by atoms with E-state index in [2.05, 4.69) is 5.32 Å². The molecule has 1 unspecified atom stereocenters. The first-order chi connectivity index (χ1) is 16.5. The van der Waals surface area contributed by atoms with Gasteiger partial charge in [-0.2, -0.15) is 0 Å². The molecule has 186 valence electrons. The van der Waals surface area contributed by atoms with E-state index in [9.17, 15) is 9.59 Å². The highest BCUT2D eigenvalue weighted by molar-refractivity contribution is 6.03. The zero-order chi connectivity index (χ0) is 24.1. The Bertz CT molecular complexity index is 1010. The molecule has 1 aliphatic carbocycles. The molecule has 2 amide bonds. The minimum atomic E-state index is -0.978. The Morgan fingerprint density at radius 2 is 1.88 bits per heavy atom. The summed E-state index contributed by atoms with van der Waals surface area (Å²) in [5.74, 6) is 0.576. The van der Waals surface area contributed by atoms with Gasteiger partial charge >= 0.3 is 0 Å². The van der Waals surface area contributed by atoms with Gasteiger partial charge < -0.3 is 24.3 Å². The lowest BCUT2D eigenvalue weighted by Gasteiger charge is -2.44. The van der Waals surface area contributed by atoms with E-state index in [4.69, 9.17) is 9.47 Å². The lowest BCUT2D eigenvalue weighted by molar-refractivity contribution is -0.133. The summed E-state index contributed by atoms with van der Waals surface area (Å²) in [4.78, 5) is 29.4. The number of carbonyl (C=O) groups excluding carboxylic acids is 2. The standard InChI is InChI=1S/C27H39N3O4/c1-4-34-16-10-15-30-25(31)24-17-20-13-14-22(33-3)18-23(20)29(24)19-27(30,2)26(32)28-21-11-8-6-5-7-9-12-21/h13-14,17-18,21H,4-12,15-16,19H2,1-3H3,(H,28,32). The maximum Gasteiger partial charge on any atom is 0.271 e. The Kier molecular flexibility index (Phi) is 7.81. The molecule has 0 radical (unpaired) electrons. The second-order valence-electron chi connectivity index (χ2n) is 9.84. The molecule has 0 spiro atoms. The molecule has 0 saturated heterocycles. The molecule has 2 heterocycles. The second-order valence-corrected chi connectivity index (χ2v) is 9.84. The summed E-state index contributed by atoms with van der Waals surface area (Å²) in [6.45, 7) is 5.99. The van der Waals surface area contributed by atoms with Crippen molar-refractivity contribution in [3.8, 4) is 5.75 Å². The molecule has 7 heteroatoms. The number of amides is 2. The summed E-state index contributed by atoms with van der Waals surface area (Å²) >= 11 is 0. The van der Waals surface area contributed by atoms with Crippen molar-refractivity contribution in [3.63, 3.8) is 0 Å². The number of aromatic nitrogens is 1. The highest BCUT2D eigenvalue weighted by Crippen LogP contribution is 2.34. The number of ether oxygens (including phenoxy) is 2. The average molecular weight is 470 g/mol. The molecular weight excluding hydrogens is 430 g/mol. The van der Waals surface area contributed by atoms with Crippen molar-refractivity contribution in [1.29, 1.82) is 0 Å². The van der Waals surface area contributed by atoms with Crippen molar-refractivity contribution in [1.82, 2.24) is 14.8 Å². The first kappa shape index (κ1) is 24.6. The van der Waals surface area contributed by atoms with Gasteiger partial charge in [-0.25, -0.2) is 0 Å². The van der Waals surface area contributed by atoms with Crippen LogP contribution in [-0.2, 0) is 16.1 Å². The van der Waals surface area contributed by atoms with Crippen molar-refractivity contribution >= 4 is 22.7 Å². The van der Waals surface area contributed by atoms with E-state index in [1.807, 2.05) is 42.7 Å². The van der Waals surface area contributed by atoms with Gasteiger partial charge in [0.05, 0.1) is 19.2 Å². The lowest BCUT2D eigenvalue weighted by Crippen LogP contribution is -2.65. The number of benzene rings is 1. The summed E-state index contributed by atoms with van der Waals surface area (Å²) in [5.41, 5.74) is 0.561. The average Bonchev–Trinajstić information content (AvgIpc) is 3.17. The predicted octanol–water partition coefficient (Wildman–Crippen LogP) is 4.52. The van der Waals surface area contributed by atoms with Crippen molar-refractivity contribution < 1.29 is 19.1 Å². The van der Waals surface area contributed by atoms with E-state index in [1.165, 1.54) is 19.3 Å². The van der Waals surface area contributed by atoms with Crippen LogP contribution in [0.2, 0.25) is 0 Å². The van der Waals surface area contributed by atoms with Crippen LogP contribution in [0.1, 0.15) is 75.7 Å². The highest BCUT2D eigenvalue weighted by Gasteiger charge is 2.47. The monoisotopic (exact) mass is 469 g/mol. The molecule has 1 aromatic carbocycles. The Morgan fingerprint density at radius 3 is 2.59 bits per heavy atom. The first-order valence-electron chi connectivity index (χ1n) is 12.9. The maximum atomic E-state index is 13.8. The van der Waals surface area contributed by atoms with Crippen molar-refractivity contribution in [2.24, 2.45) is 0 Å². The van der Waals surface area contributed by atoms with E-state index in [0.717, 1.165) is 42.3 Å². The van der Waals surface area contributed by atoms with Crippen LogP contribution in [0, 0.1) is 0 Å². The number of nitrogens with one attached hydrogen (secondary N) is 1. The van der Waals surface area contributed by atoms with Crippen LogP contribution in [0.5, 0.6) is 5.75 Å². The molecule has 1 N–H and O–H groups in total. The smallest absolute Gasteiger partial charge is 0.271 e. The third kappa shape index (κ3) is 4.95. The first-order valence-corrected chi connectivity index (χ1v) is 12.9. The van der Waals surface area contributed by atoms with Crippen LogP contribution in [0.25, 0.3) is 10.9 Å². The quantitative estimate of drug-likeness (QED) is 0.577. The predicted molar refractivity (Wildman–Crippen MR) is 133 cm³/mol. The Labute approximate surface area is 202 Å². The van der Waals surface area contributed by atoms with E-state index in [-0.39, 0.29) is 17.9 Å². The fourth-order valence-electron chi connectivity index (χ4n) is 5.42. The molecule has 7 nitrogen and oxygen atoms in total. The number of carbonyl (C=O) groups is 2. The zero-order valence-electron chi connectivity index (χ0n) is 20.9. The van der Waals surface area contributed by atoms with Gasteiger partial charge in [-0.1, -0.05) is 32.1 Å². The van der Waals surface area contributed by atoms with E-state index < -0.39 is 5.54 Å². The van der Waals surface area contributed by atoms with Crippen LogP contribution in [0.3, 0.4) is 0 Å². The van der Waals surface area contributed by atoms with Crippen molar-refractivity contribution in [2.45, 2.75) is 83.3 Å². The number of fused-ring (bicyclic) bond motifs is 3.